The Hall–Kier alpha value is -2.51. The smallest absolute Gasteiger partial charge is 0.300 e. The van der Waals surface area contributed by atoms with Crippen LogP contribution in [0.1, 0.15) is 33.5 Å². The molecule has 0 radical (unpaired) electrons. The number of hydrogen-bond donors (Lipinski definition) is 1. The highest BCUT2D eigenvalue weighted by Crippen LogP contribution is 2.18. The summed E-state index contributed by atoms with van der Waals surface area (Å²) < 4.78 is 2.72. The van der Waals surface area contributed by atoms with Crippen LogP contribution < -0.4 is 0 Å². The second-order valence-electron chi connectivity index (χ2n) is 5.54. The Labute approximate surface area is 143 Å². The van der Waals surface area contributed by atoms with Gasteiger partial charge in [0.25, 0.3) is 0 Å². The molecular formula is C16H16ClN5O2. The summed E-state index contributed by atoms with van der Waals surface area (Å²) in [5, 5.41) is 22.8. The first kappa shape index (κ1) is 16.4. The van der Waals surface area contributed by atoms with Crippen molar-refractivity contribution in [2.24, 2.45) is 0 Å². The molecule has 1 atom stereocenters. The van der Waals surface area contributed by atoms with E-state index in [1.54, 1.807) is 31.2 Å². The number of carbonyl (C=O) groups excluding carboxylic acids is 1. The Morgan fingerprint density at radius 3 is 2.62 bits per heavy atom. The van der Waals surface area contributed by atoms with E-state index < -0.39 is 6.10 Å². The van der Waals surface area contributed by atoms with E-state index in [-0.39, 0.29) is 18.1 Å². The standard InChI is InChI=1S/C16H16ClN5O2/c1-10-7-11(2)22(19-10)16(24)14-8-21(20-18-14)9-15(23)12-3-5-13(17)6-4-12/h3-8,15,23H,9H2,1-2H3/t15-/m1/s1. The van der Waals surface area contributed by atoms with E-state index in [9.17, 15) is 9.90 Å². The quantitative estimate of drug-likeness (QED) is 0.783. The molecule has 0 spiro atoms. The lowest BCUT2D eigenvalue weighted by atomic mass is 10.1. The van der Waals surface area contributed by atoms with Crippen LogP contribution in [-0.2, 0) is 6.54 Å². The predicted molar refractivity (Wildman–Crippen MR) is 87.9 cm³/mol. The van der Waals surface area contributed by atoms with E-state index in [4.69, 9.17) is 11.6 Å². The number of benzene rings is 1. The largest absolute Gasteiger partial charge is 0.386 e. The topological polar surface area (TPSA) is 85.8 Å². The average molecular weight is 346 g/mol. The molecule has 0 saturated heterocycles. The van der Waals surface area contributed by atoms with Crippen LogP contribution in [0, 0.1) is 13.8 Å². The second-order valence-corrected chi connectivity index (χ2v) is 5.97. The fourth-order valence-corrected chi connectivity index (χ4v) is 2.52. The fraction of sp³-hybridized carbons (Fsp3) is 0.250. The van der Waals surface area contributed by atoms with Crippen LogP contribution in [0.4, 0.5) is 0 Å². The lowest BCUT2D eigenvalue weighted by molar-refractivity contribution is 0.0937. The van der Waals surface area contributed by atoms with Crippen molar-refractivity contribution in [3.8, 4) is 0 Å². The highest BCUT2D eigenvalue weighted by molar-refractivity contribution is 6.30. The SMILES string of the molecule is Cc1cc(C)n(C(=O)c2cn(C[C@@H](O)c3ccc(Cl)cc3)nn2)n1. The van der Waals surface area contributed by atoms with E-state index in [2.05, 4.69) is 15.4 Å². The third-order valence-electron chi connectivity index (χ3n) is 3.57. The molecule has 0 fully saturated rings. The first-order chi connectivity index (χ1) is 11.4. The van der Waals surface area contributed by atoms with Gasteiger partial charge in [0.15, 0.2) is 5.69 Å². The van der Waals surface area contributed by atoms with Crippen LogP contribution in [0.3, 0.4) is 0 Å². The Kier molecular flexibility index (Phi) is 4.46. The van der Waals surface area contributed by atoms with E-state index in [1.165, 1.54) is 15.6 Å². The van der Waals surface area contributed by atoms with Gasteiger partial charge < -0.3 is 5.11 Å². The summed E-state index contributed by atoms with van der Waals surface area (Å²) in [6.45, 7) is 3.79. The Balaban J connectivity index is 1.74. The molecule has 124 valence electrons. The maximum absolute atomic E-state index is 12.4. The van der Waals surface area contributed by atoms with Crippen LogP contribution in [0.2, 0.25) is 5.02 Å². The van der Waals surface area contributed by atoms with Crippen LogP contribution in [-0.4, -0.2) is 35.8 Å². The van der Waals surface area contributed by atoms with Gasteiger partial charge in [0.1, 0.15) is 0 Å². The second kappa shape index (κ2) is 6.54. The van der Waals surface area contributed by atoms with Gasteiger partial charge in [-0.25, -0.2) is 4.68 Å². The maximum atomic E-state index is 12.4. The van der Waals surface area contributed by atoms with Gasteiger partial charge in [-0.05, 0) is 37.6 Å². The van der Waals surface area contributed by atoms with E-state index in [0.29, 0.717) is 10.6 Å². The minimum Gasteiger partial charge on any atom is -0.386 e. The number of aliphatic hydroxyl groups excluding tert-OH is 1. The molecular weight excluding hydrogens is 330 g/mol. The molecule has 8 heteroatoms. The Morgan fingerprint density at radius 1 is 1.29 bits per heavy atom. The molecule has 0 amide bonds. The molecule has 0 bridgehead atoms. The van der Waals surface area contributed by atoms with Crippen molar-refractivity contribution < 1.29 is 9.90 Å². The van der Waals surface area contributed by atoms with Crippen LogP contribution in [0.15, 0.2) is 36.5 Å². The van der Waals surface area contributed by atoms with Crippen molar-refractivity contribution in [3.05, 3.63) is 64.2 Å². The van der Waals surface area contributed by atoms with Gasteiger partial charge in [0.2, 0.25) is 0 Å². The molecule has 1 N–H and O–H groups in total. The number of carbonyl (C=O) groups is 1. The lowest BCUT2D eigenvalue weighted by Crippen LogP contribution is -2.15. The third-order valence-corrected chi connectivity index (χ3v) is 3.83. The maximum Gasteiger partial charge on any atom is 0.300 e. The monoisotopic (exact) mass is 345 g/mol. The van der Waals surface area contributed by atoms with Crippen LogP contribution in [0.5, 0.6) is 0 Å². The molecule has 0 saturated carbocycles. The van der Waals surface area contributed by atoms with E-state index in [1.807, 2.05) is 13.0 Å². The Morgan fingerprint density at radius 2 is 2.00 bits per heavy atom. The first-order valence-corrected chi connectivity index (χ1v) is 7.73. The zero-order valence-electron chi connectivity index (χ0n) is 13.2. The Bertz CT molecular complexity index is 869. The molecule has 0 aliphatic carbocycles. The average Bonchev–Trinajstić information content (AvgIpc) is 3.13. The normalized spacial score (nSPS) is 12.3. The van der Waals surface area contributed by atoms with Crippen molar-refractivity contribution in [2.45, 2.75) is 26.5 Å². The summed E-state index contributed by atoms with van der Waals surface area (Å²) in [5.41, 5.74) is 2.37. The van der Waals surface area contributed by atoms with Gasteiger partial charge in [-0.2, -0.15) is 9.78 Å². The van der Waals surface area contributed by atoms with Gasteiger partial charge in [-0.1, -0.05) is 28.9 Å². The molecule has 3 aromatic rings. The van der Waals surface area contributed by atoms with Crippen molar-refractivity contribution in [1.82, 2.24) is 24.8 Å². The summed E-state index contributed by atoms with van der Waals surface area (Å²) in [7, 11) is 0. The number of nitrogens with zero attached hydrogens (tertiary/aromatic N) is 5. The van der Waals surface area contributed by atoms with Crippen LogP contribution in [0.25, 0.3) is 0 Å². The van der Waals surface area contributed by atoms with Gasteiger partial charge in [-0.15, -0.1) is 5.10 Å². The number of aliphatic hydroxyl groups is 1. The van der Waals surface area contributed by atoms with Crippen molar-refractivity contribution >= 4 is 17.5 Å². The molecule has 7 nitrogen and oxygen atoms in total. The molecule has 0 aliphatic heterocycles. The fourth-order valence-electron chi connectivity index (χ4n) is 2.40. The van der Waals surface area contributed by atoms with Crippen molar-refractivity contribution in [2.75, 3.05) is 0 Å². The summed E-state index contributed by atoms with van der Waals surface area (Å²) in [5.74, 6) is -0.354. The van der Waals surface area contributed by atoms with Gasteiger partial charge in [-0.3, -0.25) is 4.79 Å². The summed E-state index contributed by atoms with van der Waals surface area (Å²) in [6, 6.07) is 8.71. The number of aromatic nitrogens is 5. The molecule has 2 aromatic heterocycles. The molecule has 0 aliphatic rings. The van der Waals surface area contributed by atoms with Gasteiger partial charge >= 0.3 is 5.91 Å². The third kappa shape index (κ3) is 3.37. The van der Waals surface area contributed by atoms with E-state index >= 15 is 0 Å². The zero-order valence-corrected chi connectivity index (χ0v) is 14.0. The molecule has 3 rings (SSSR count). The van der Waals surface area contributed by atoms with Gasteiger partial charge in [0, 0.05) is 10.7 Å². The van der Waals surface area contributed by atoms with Crippen molar-refractivity contribution in [1.29, 1.82) is 0 Å². The highest BCUT2D eigenvalue weighted by atomic mass is 35.5. The van der Waals surface area contributed by atoms with E-state index in [0.717, 1.165) is 11.4 Å². The molecule has 2 heterocycles. The van der Waals surface area contributed by atoms with Crippen LogP contribution >= 0.6 is 11.6 Å². The molecule has 0 unspecified atom stereocenters. The molecule has 1 aromatic carbocycles. The number of aryl methyl sites for hydroxylation is 2. The minimum absolute atomic E-state index is 0.171. The zero-order chi connectivity index (χ0) is 17.3. The number of rotatable bonds is 4. The summed E-state index contributed by atoms with van der Waals surface area (Å²) in [6.07, 6.45) is 0.721. The minimum atomic E-state index is -0.777. The summed E-state index contributed by atoms with van der Waals surface area (Å²) in [4.78, 5) is 12.4. The lowest BCUT2D eigenvalue weighted by Gasteiger charge is -2.10. The number of halogens is 1. The first-order valence-electron chi connectivity index (χ1n) is 7.35. The van der Waals surface area contributed by atoms with Crippen molar-refractivity contribution in [3.63, 3.8) is 0 Å². The highest BCUT2D eigenvalue weighted by Gasteiger charge is 2.17. The predicted octanol–water partition coefficient (Wildman–Crippen LogP) is 2.17. The van der Waals surface area contributed by atoms with Gasteiger partial charge in [0.05, 0.1) is 24.5 Å². The number of hydrogen-bond acceptors (Lipinski definition) is 5. The molecule has 24 heavy (non-hydrogen) atoms. The summed E-state index contributed by atoms with van der Waals surface area (Å²) >= 11 is 5.83.